The summed E-state index contributed by atoms with van der Waals surface area (Å²) in [6.45, 7) is 6.59. The molecule has 86 valence electrons. The van der Waals surface area contributed by atoms with Gasteiger partial charge in [-0.15, -0.1) is 0 Å². The minimum absolute atomic E-state index is 0.598. The summed E-state index contributed by atoms with van der Waals surface area (Å²) < 4.78 is 0. The zero-order chi connectivity index (χ0) is 12.0. The number of thioether (sulfide) groups is 1. The van der Waals surface area contributed by atoms with E-state index in [1.165, 1.54) is 28.5 Å². The topological polar surface area (TPSA) is 23.8 Å². The number of aryl methyl sites for hydroxylation is 1. The van der Waals surface area contributed by atoms with Crippen molar-refractivity contribution in [1.29, 1.82) is 5.26 Å². The van der Waals surface area contributed by atoms with Gasteiger partial charge in [-0.25, -0.2) is 0 Å². The summed E-state index contributed by atoms with van der Waals surface area (Å²) in [4.78, 5) is 0. The molecule has 0 aromatic heterocycles. The predicted molar refractivity (Wildman–Crippen MR) is 71.6 cm³/mol. The van der Waals surface area contributed by atoms with Gasteiger partial charge in [0.15, 0.2) is 0 Å². The van der Waals surface area contributed by atoms with Gasteiger partial charge in [0, 0.05) is 5.75 Å². The molecule has 1 unspecified atom stereocenters. The molecule has 0 saturated heterocycles. The fourth-order valence-electron chi connectivity index (χ4n) is 2.04. The summed E-state index contributed by atoms with van der Waals surface area (Å²) in [5.74, 6) is 1.53. The Morgan fingerprint density at radius 1 is 1.38 bits per heavy atom. The molecule has 0 N–H and O–H groups in total. The Kier molecular flexibility index (Phi) is 5.42. The smallest absolute Gasteiger partial charge is 0.133 e. The largest absolute Gasteiger partial charge is 0.185 e. The molecule has 2 heteroatoms. The Bertz CT molecular complexity index is 379. The lowest BCUT2D eigenvalue weighted by molar-refractivity contribution is 0.643. The summed E-state index contributed by atoms with van der Waals surface area (Å²) in [7, 11) is 0. The van der Waals surface area contributed by atoms with Crippen LogP contribution in [0.3, 0.4) is 0 Å². The quantitative estimate of drug-likeness (QED) is 0.556. The zero-order valence-electron chi connectivity index (χ0n) is 10.3. The Balaban J connectivity index is 2.79. The molecular weight excluding hydrogens is 214 g/mol. The first kappa shape index (κ1) is 13.1. The highest BCUT2D eigenvalue weighted by Gasteiger charge is 2.12. The normalized spacial score (nSPS) is 12.1. The molecule has 1 nitrogen and oxygen atoms in total. The molecule has 0 amide bonds. The average Bonchev–Trinajstić information content (AvgIpc) is 2.29. The summed E-state index contributed by atoms with van der Waals surface area (Å²) in [5, 5.41) is 10.7. The van der Waals surface area contributed by atoms with Crippen LogP contribution in [0.2, 0.25) is 0 Å². The van der Waals surface area contributed by atoms with Crippen LogP contribution in [0, 0.1) is 24.5 Å². The number of hydrogen-bond donors (Lipinski definition) is 0. The van der Waals surface area contributed by atoms with E-state index >= 15 is 0 Å². The first-order chi connectivity index (χ1) is 7.70. The highest BCUT2D eigenvalue weighted by Crippen LogP contribution is 2.28. The molecular formula is C14H19NS. The van der Waals surface area contributed by atoms with Crippen LogP contribution in [0.15, 0.2) is 18.2 Å². The summed E-state index contributed by atoms with van der Waals surface area (Å²) in [6.07, 6.45) is 2.25. The Morgan fingerprint density at radius 3 is 2.75 bits per heavy atom. The number of thiocyanates is 1. The summed E-state index contributed by atoms with van der Waals surface area (Å²) in [6, 6.07) is 6.53. The van der Waals surface area contributed by atoms with Gasteiger partial charge in [0.25, 0.3) is 0 Å². The van der Waals surface area contributed by atoms with E-state index in [4.69, 9.17) is 5.26 Å². The van der Waals surface area contributed by atoms with E-state index in [1.807, 2.05) is 0 Å². The molecule has 0 radical (unpaired) electrons. The first-order valence-electron chi connectivity index (χ1n) is 5.77. The third-order valence-corrected chi connectivity index (χ3v) is 3.78. The van der Waals surface area contributed by atoms with E-state index in [-0.39, 0.29) is 0 Å². The SMILES string of the molecule is CCC(CCSC#N)c1cccc(C)c1C. The van der Waals surface area contributed by atoms with Gasteiger partial charge in [0.05, 0.1) is 0 Å². The van der Waals surface area contributed by atoms with Crippen LogP contribution in [0.1, 0.15) is 42.4 Å². The standard InChI is InChI=1S/C14H19NS/c1-4-13(8-9-16-10-15)14-7-5-6-11(2)12(14)3/h5-7,13H,4,8-9H2,1-3H3. The molecule has 16 heavy (non-hydrogen) atoms. The van der Waals surface area contributed by atoms with Crippen molar-refractivity contribution in [1.82, 2.24) is 0 Å². The van der Waals surface area contributed by atoms with E-state index in [1.54, 1.807) is 0 Å². The number of benzene rings is 1. The van der Waals surface area contributed by atoms with Crippen LogP contribution in [0.5, 0.6) is 0 Å². The fraction of sp³-hybridized carbons (Fsp3) is 0.500. The molecule has 0 aliphatic heterocycles. The number of nitriles is 1. The van der Waals surface area contributed by atoms with Crippen LogP contribution in [-0.4, -0.2) is 5.75 Å². The lowest BCUT2D eigenvalue weighted by Gasteiger charge is -2.18. The molecule has 0 aliphatic rings. The molecule has 0 saturated carbocycles. The molecule has 1 rings (SSSR count). The Labute approximate surface area is 103 Å². The van der Waals surface area contributed by atoms with Crippen molar-refractivity contribution < 1.29 is 0 Å². The van der Waals surface area contributed by atoms with Gasteiger partial charge in [-0.05, 0) is 61.1 Å². The van der Waals surface area contributed by atoms with Gasteiger partial charge < -0.3 is 0 Å². The summed E-state index contributed by atoms with van der Waals surface area (Å²) in [5.41, 5.74) is 4.24. The summed E-state index contributed by atoms with van der Waals surface area (Å²) >= 11 is 1.36. The van der Waals surface area contributed by atoms with Crippen molar-refractivity contribution in [2.24, 2.45) is 0 Å². The van der Waals surface area contributed by atoms with E-state index in [0.29, 0.717) is 5.92 Å². The zero-order valence-corrected chi connectivity index (χ0v) is 11.1. The van der Waals surface area contributed by atoms with Crippen LogP contribution >= 0.6 is 11.8 Å². The monoisotopic (exact) mass is 233 g/mol. The molecule has 0 fully saturated rings. The van der Waals surface area contributed by atoms with E-state index in [9.17, 15) is 0 Å². The maximum absolute atomic E-state index is 8.53. The lowest BCUT2D eigenvalue weighted by Crippen LogP contribution is -2.02. The second-order valence-corrected chi connectivity index (χ2v) is 5.00. The molecule has 1 atom stereocenters. The van der Waals surface area contributed by atoms with E-state index in [0.717, 1.165) is 18.6 Å². The van der Waals surface area contributed by atoms with Crippen LogP contribution in [0.4, 0.5) is 0 Å². The maximum Gasteiger partial charge on any atom is 0.133 e. The van der Waals surface area contributed by atoms with Crippen molar-refractivity contribution in [2.75, 3.05) is 5.75 Å². The van der Waals surface area contributed by atoms with Gasteiger partial charge in [0.1, 0.15) is 5.40 Å². The first-order valence-corrected chi connectivity index (χ1v) is 6.76. The maximum atomic E-state index is 8.53. The van der Waals surface area contributed by atoms with Crippen molar-refractivity contribution in [3.63, 3.8) is 0 Å². The Morgan fingerprint density at radius 2 is 2.12 bits per heavy atom. The second kappa shape index (κ2) is 6.60. The van der Waals surface area contributed by atoms with E-state index in [2.05, 4.69) is 44.4 Å². The highest BCUT2D eigenvalue weighted by molar-refractivity contribution is 8.03. The van der Waals surface area contributed by atoms with Crippen LogP contribution < -0.4 is 0 Å². The van der Waals surface area contributed by atoms with Gasteiger partial charge >= 0.3 is 0 Å². The van der Waals surface area contributed by atoms with Crippen LogP contribution in [0.25, 0.3) is 0 Å². The van der Waals surface area contributed by atoms with Crippen LogP contribution in [-0.2, 0) is 0 Å². The molecule has 0 heterocycles. The van der Waals surface area contributed by atoms with Crippen molar-refractivity contribution in [2.45, 2.75) is 39.5 Å². The molecule has 0 aliphatic carbocycles. The minimum atomic E-state index is 0.598. The molecule has 1 aromatic rings. The molecule has 1 aromatic carbocycles. The van der Waals surface area contributed by atoms with Gasteiger partial charge in [-0.1, -0.05) is 25.1 Å². The number of rotatable bonds is 5. The number of nitrogens with zero attached hydrogens (tertiary/aromatic N) is 1. The fourth-order valence-corrected chi connectivity index (χ4v) is 2.54. The molecule has 0 bridgehead atoms. The third-order valence-electron chi connectivity index (χ3n) is 3.21. The van der Waals surface area contributed by atoms with Crippen molar-refractivity contribution in [3.8, 4) is 5.40 Å². The highest BCUT2D eigenvalue weighted by atomic mass is 32.2. The lowest BCUT2D eigenvalue weighted by atomic mass is 9.89. The van der Waals surface area contributed by atoms with Gasteiger partial charge in [0.2, 0.25) is 0 Å². The number of hydrogen-bond acceptors (Lipinski definition) is 2. The third kappa shape index (κ3) is 3.28. The van der Waals surface area contributed by atoms with Gasteiger partial charge in [-0.3, -0.25) is 0 Å². The second-order valence-electron chi connectivity index (χ2n) is 4.12. The molecule has 0 spiro atoms. The van der Waals surface area contributed by atoms with Crippen molar-refractivity contribution in [3.05, 3.63) is 34.9 Å². The Hall–Kier alpha value is -0.940. The van der Waals surface area contributed by atoms with E-state index < -0.39 is 0 Å². The minimum Gasteiger partial charge on any atom is -0.185 e. The van der Waals surface area contributed by atoms with Gasteiger partial charge in [-0.2, -0.15) is 5.26 Å². The average molecular weight is 233 g/mol. The van der Waals surface area contributed by atoms with Crippen molar-refractivity contribution >= 4 is 11.8 Å². The predicted octanol–water partition coefficient (Wildman–Crippen LogP) is 4.40.